The molecule has 0 spiro atoms. The van der Waals surface area contributed by atoms with E-state index in [-0.39, 0.29) is 6.10 Å². The van der Waals surface area contributed by atoms with E-state index in [2.05, 4.69) is 15.3 Å². The first-order valence-electron chi connectivity index (χ1n) is 6.63. The number of aromatic nitrogens is 2. The van der Waals surface area contributed by atoms with Crippen LogP contribution in [0.4, 0.5) is 11.5 Å². The normalized spacial score (nSPS) is 10.6. The molecule has 2 rings (SSSR count). The zero-order valence-corrected chi connectivity index (χ0v) is 12.1. The summed E-state index contributed by atoms with van der Waals surface area (Å²) in [6.07, 6.45) is 3.55. The highest BCUT2D eigenvalue weighted by Crippen LogP contribution is 2.21. The highest BCUT2D eigenvalue weighted by atomic mass is 16.5. The van der Waals surface area contributed by atoms with Gasteiger partial charge in [-0.3, -0.25) is 0 Å². The molecule has 0 amide bonds. The molecule has 106 valence electrons. The number of ether oxygens (including phenoxy) is 1. The molecular weight excluding hydrogens is 252 g/mol. The first-order valence-corrected chi connectivity index (χ1v) is 6.63. The van der Waals surface area contributed by atoms with Crippen LogP contribution in [0.5, 0.6) is 5.88 Å². The Morgan fingerprint density at radius 3 is 2.80 bits per heavy atom. The molecular formula is C15H20N4O. The third-order valence-electron chi connectivity index (χ3n) is 2.85. The van der Waals surface area contributed by atoms with Crippen molar-refractivity contribution in [1.82, 2.24) is 9.97 Å². The van der Waals surface area contributed by atoms with Crippen LogP contribution in [-0.2, 0) is 6.54 Å². The van der Waals surface area contributed by atoms with Gasteiger partial charge in [-0.05, 0) is 38.5 Å². The van der Waals surface area contributed by atoms with Crippen LogP contribution in [0.15, 0.2) is 30.6 Å². The van der Waals surface area contributed by atoms with Crippen molar-refractivity contribution in [3.63, 3.8) is 0 Å². The SMILES string of the molecule is Cc1ccnc(NCc2cccnc2OC(C)C)c1N. The molecule has 0 fully saturated rings. The van der Waals surface area contributed by atoms with Crippen LogP contribution < -0.4 is 15.8 Å². The van der Waals surface area contributed by atoms with Gasteiger partial charge in [0, 0.05) is 24.5 Å². The van der Waals surface area contributed by atoms with Gasteiger partial charge < -0.3 is 15.8 Å². The lowest BCUT2D eigenvalue weighted by Crippen LogP contribution is -2.11. The molecule has 0 saturated heterocycles. The highest BCUT2D eigenvalue weighted by Gasteiger charge is 2.08. The number of hydrogen-bond acceptors (Lipinski definition) is 5. The first-order chi connectivity index (χ1) is 9.58. The largest absolute Gasteiger partial charge is 0.475 e. The number of anilines is 2. The van der Waals surface area contributed by atoms with Gasteiger partial charge in [-0.2, -0.15) is 0 Å². The van der Waals surface area contributed by atoms with Crippen LogP contribution in [0.3, 0.4) is 0 Å². The van der Waals surface area contributed by atoms with Gasteiger partial charge in [0.05, 0.1) is 11.8 Å². The second-order valence-electron chi connectivity index (χ2n) is 4.88. The second-order valence-corrected chi connectivity index (χ2v) is 4.88. The maximum Gasteiger partial charge on any atom is 0.218 e. The third kappa shape index (κ3) is 3.38. The van der Waals surface area contributed by atoms with Crippen LogP contribution in [0.1, 0.15) is 25.0 Å². The molecule has 0 aliphatic heterocycles. The predicted octanol–water partition coefficient (Wildman–Crippen LogP) is 2.77. The topological polar surface area (TPSA) is 73.1 Å². The summed E-state index contributed by atoms with van der Waals surface area (Å²) in [4.78, 5) is 8.50. The Balaban J connectivity index is 2.13. The molecule has 2 heterocycles. The zero-order chi connectivity index (χ0) is 14.5. The lowest BCUT2D eigenvalue weighted by Gasteiger charge is -2.14. The van der Waals surface area contributed by atoms with Gasteiger partial charge in [0.25, 0.3) is 0 Å². The minimum absolute atomic E-state index is 0.0887. The van der Waals surface area contributed by atoms with Crippen LogP contribution in [0.2, 0.25) is 0 Å². The summed E-state index contributed by atoms with van der Waals surface area (Å²) < 4.78 is 5.68. The summed E-state index contributed by atoms with van der Waals surface area (Å²) in [7, 11) is 0. The van der Waals surface area contributed by atoms with Gasteiger partial charge in [0.2, 0.25) is 5.88 Å². The predicted molar refractivity (Wildman–Crippen MR) is 80.7 cm³/mol. The maximum absolute atomic E-state index is 5.99. The molecule has 0 radical (unpaired) electrons. The van der Waals surface area contributed by atoms with E-state index in [0.29, 0.717) is 23.9 Å². The fraction of sp³-hybridized carbons (Fsp3) is 0.333. The summed E-state index contributed by atoms with van der Waals surface area (Å²) in [6, 6.07) is 5.75. The van der Waals surface area contributed by atoms with Crippen molar-refractivity contribution in [1.29, 1.82) is 0 Å². The van der Waals surface area contributed by atoms with Gasteiger partial charge >= 0.3 is 0 Å². The average Bonchev–Trinajstić information content (AvgIpc) is 2.41. The van der Waals surface area contributed by atoms with Gasteiger partial charge in [0.15, 0.2) is 0 Å². The van der Waals surface area contributed by atoms with E-state index in [0.717, 1.165) is 11.1 Å². The van der Waals surface area contributed by atoms with E-state index in [9.17, 15) is 0 Å². The molecule has 0 unspecified atom stereocenters. The van der Waals surface area contributed by atoms with E-state index >= 15 is 0 Å². The van der Waals surface area contributed by atoms with Crippen molar-refractivity contribution in [2.24, 2.45) is 0 Å². The molecule has 2 aromatic heterocycles. The maximum atomic E-state index is 5.99. The lowest BCUT2D eigenvalue weighted by atomic mass is 10.2. The number of nitrogens with two attached hydrogens (primary N) is 1. The summed E-state index contributed by atoms with van der Waals surface area (Å²) in [5, 5.41) is 3.23. The van der Waals surface area contributed by atoms with E-state index < -0.39 is 0 Å². The number of aryl methyl sites for hydroxylation is 1. The van der Waals surface area contributed by atoms with Gasteiger partial charge in [-0.1, -0.05) is 6.07 Å². The fourth-order valence-corrected chi connectivity index (χ4v) is 1.78. The number of nitrogen functional groups attached to an aromatic ring is 1. The minimum Gasteiger partial charge on any atom is -0.475 e. The molecule has 0 aliphatic carbocycles. The Morgan fingerprint density at radius 2 is 2.05 bits per heavy atom. The molecule has 0 saturated carbocycles. The van der Waals surface area contributed by atoms with Gasteiger partial charge in [-0.25, -0.2) is 9.97 Å². The molecule has 20 heavy (non-hydrogen) atoms. The summed E-state index contributed by atoms with van der Waals surface area (Å²) >= 11 is 0. The third-order valence-corrected chi connectivity index (χ3v) is 2.85. The molecule has 0 atom stereocenters. The Hall–Kier alpha value is -2.30. The van der Waals surface area contributed by atoms with E-state index in [1.165, 1.54) is 0 Å². The summed E-state index contributed by atoms with van der Waals surface area (Å²) in [6.45, 7) is 6.48. The molecule has 5 heteroatoms. The Morgan fingerprint density at radius 1 is 1.25 bits per heavy atom. The monoisotopic (exact) mass is 272 g/mol. The number of nitrogens with zero attached hydrogens (tertiary/aromatic N) is 2. The van der Waals surface area contributed by atoms with E-state index in [4.69, 9.17) is 10.5 Å². The molecule has 2 aromatic rings. The second kappa shape index (κ2) is 6.23. The Kier molecular flexibility index (Phi) is 4.40. The van der Waals surface area contributed by atoms with Crippen molar-refractivity contribution in [2.45, 2.75) is 33.4 Å². The number of pyridine rings is 2. The van der Waals surface area contributed by atoms with Gasteiger partial charge in [0.1, 0.15) is 5.82 Å². The number of hydrogen-bond donors (Lipinski definition) is 2. The van der Waals surface area contributed by atoms with Crippen molar-refractivity contribution in [3.05, 3.63) is 41.7 Å². The summed E-state index contributed by atoms with van der Waals surface area (Å²) in [5.74, 6) is 1.32. The zero-order valence-electron chi connectivity index (χ0n) is 12.1. The van der Waals surface area contributed by atoms with Crippen LogP contribution in [-0.4, -0.2) is 16.1 Å². The lowest BCUT2D eigenvalue weighted by molar-refractivity contribution is 0.230. The Labute approximate surface area is 119 Å². The van der Waals surface area contributed by atoms with Crippen molar-refractivity contribution in [2.75, 3.05) is 11.1 Å². The Bertz CT molecular complexity index is 584. The highest BCUT2D eigenvalue weighted by molar-refractivity contribution is 5.65. The standard InChI is InChI=1S/C15H20N4O/c1-10(2)20-15-12(5-4-7-18-15)9-19-14-13(16)11(3)6-8-17-14/h4-8,10H,9,16H2,1-3H3,(H,17,19). The minimum atomic E-state index is 0.0887. The molecule has 0 aromatic carbocycles. The number of nitrogens with one attached hydrogen (secondary N) is 1. The van der Waals surface area contributed by atoms with Crippen LogP contribution >= 0.6 is 0 Å². The van der Waals surface area contributed by atoms with E-state index in [1.54, 1.807) is 12.4 Å². The quantitative estimate of drug-likeness (QED) is 0.875. The average molecular weight is 272 g/mol. The first kappa shape index (κ1) is 14.1. The smallest absolute Gasteiger partial charge is 0.218 e. The van der Waals surface area contributed by atoms with E-state index in [1.807, 2.05) is 39.0 Å². The molecule has 5 nitrogen and oxygen atoms in total. The number of rotatable bonds is 5. The van der Waals surface area contributed by atoms with Crippen LogP contribution in [0.25, 0.3) is 0 Å². The molecule has 0 aliphatic rings. The van der Waals surface area contributed by atoms with Crippen LogP contribution in [0, 0.1) is 6.92 Å². The fourth-order valence-electron chi connectivity index (χ4n) is 1.78. The molecule has 0 bridgehead atoms. The summed E-state index contributed by atoms with van der Waals surface area (Å²) in [5.41, 5.74) is 8.65. The van der Waals surface area contributed by atoms with Crippen molar-refractivity contribution < 1.29 is 4.74 Å². The van der Waals surface area contributed by atoms with Crippen molar-refractivity contribution in [3.8, 4) is 5.88 Å². The molecule has 3 N–H and O–H groups in total. The van der Waals surface area contributed by atoms with Gasteiger partial charge in [-0.15, -0.1) is 0 Å². The van der Waals surface area contributed by atoms with Crippen molar-refractivity contribution >= 4 is 11.5 Å².